The van der Waals surface area contributed by atoms with E-state index in [2.05, 4.69) is 12.2 Å². The zero-order valence-electron chi connectivity index (χ0n) is 10.3. The standard InChI is InChI=1S/C13H20FNO2/c1-3-10(2)15-8-11(16)9-17-13-7-5-4-6-12(13)14/h4-7,10-11,15-16H,3,8-9H2,1-2H3. The molecule has 0 aromatic heterocycles. The minimum Gasteiger partial charge on any atom is -0.488 e. The van der Waals surface area contributed by atoms with E-state index in [0.29, 0.717) is 12.6 Å². The second kappa shape index (κ2) is 7.25. The predicted molar refractivity (Wildman–Crippen MR) is 65.7 cm³/mol. The summed E-state index contributed by atoms with van der Waals surface area (Å²) in [5.41, 5.74) is 0. The number of aliphatic hydroxyl groups is 1. The molecule has 0 aliphatic heterocycles. The van der Waals surface area contributed by atoms with E-state index in [1.807, 2.05) is 6.92 Å². The van der Waals surface area contributed by atoms with Crippen LogP contribution in [0.1, 0.15) is 20.3 Å². The van der Waals surface area contributed by atoms with Crippen molar-refractivity contribution in [2.45, 2.75) is 32.4 Å². The lowest BCUT2D eigenvalue weighted by Crippen LogP contribution is -2.36. The van der Waals surface area contributed by atoms with E-state index < -0.39 is 11.9 Å². The number of ether oxygens (including phenoxy) is 1. The Bertz CT molecular complexity index is 333. The van der Waals surface area contributed by atoms with Crippen molar-refractivity contribution in [1.82, 2.24) is 5.32 Å². The van der Waals surface area contributed by atoms with Crippen LogP contribution in [0.2, 0.25) is 0 Å². The van der Waals surface area contributed by atoms with Gasteiger partial charge in [0.05, 0.1) is 0 Å². The summed E-state index contributed by atoms with van der Waals surface area (Å²) in [6, 6.07) is 6.53. The highest BCUT2D eigenvalue weighted by Gasteiger charge is 2.08. The van der Waals surface area contributed by atoms with Gasteiger partial charge in [-0.15, -0.1) is 0 Å². The number of nitrogens with one attached hydrogen (secondary N) is 1. The summed E-state index contributed by atoms with van der Waals surface area (Å²) in [6.45, 7) is 4.65. The Hall–Kier alpha value is -1.13. The average Bonchev–Trinajstić information content (AvgIpc) is 2.35. The minimum absolute atomic E-state index is 0.0877. The summed E-state index contributed by atoms with van der Waals surface area (Å²) >= 11 is 0. The first-order valence-electron chi connectivity index (χ1n) is 5.92. The van der Waals surface area contributed by atoms with Crippen molar-refractivity contribution in [2.75, 3.05) is 13.2 Å². The summed E-state index contributed by atoms with van der Waals surface area (Å²) < 4.78 is 18.4. The first-order chi connectivity index (χ1) is 8.13. The van der Waals surface area contributed by atoms with Crippen LogP contribution >= 0.6 is 0 Å². The number of hydrogen-bond acceptors (Lipinski definition) is 3. The van der Waals surface area contributed by atoms with Gasteiger partial charge in [-0.1, -0.05) is 19.1 Å². The van der Waals surface area contributed by atoms with Gasteiger partial charge in [-0.2, -0.15) is 0 Å². The molecule has 0 heterocycles. The zero-order chi connectivity index (χ0) is 12.7. The average molecular weight is 241 g/mol. The van der Waals surface area contributed by atoms with E-state index in [4.69, 9.17) is 4.74 Å². The lowest BCUT2D eigenvalue weighted by molar-refractivity contribution is 0.102. The molecule has 3 nitrogen and oxygen atoms in total. The molecule has 0 amide bonds. The lowest BCUT2D eigenvalue weighted by Gasteiger charge is -2.16. The molecule has 0 bridgehead atoms. The van der Waals surface area contributed by atoms with Crippen LogP contribution < -0.4 is 10.1 Å². The predicted octanol–water partition coefficient (Wildman–Crippen LogP) is 1.95. The Morgan fingerprint density at radius 1 is 1.41 bits per heavy atom. The highest BCUT2D eigenvalue weighted by atomic mass is 19.1. The fourth-order valence-corrected chi connectivity index (χ4v) is 1.29. The first kappa shape index (κ1) is 13.9. The van der Waals surface area contributed by atoms with E-state index in [1.165, 1.54) is 6.07 Å². The van der Waals surface area contributed by atoms with E-state index in [9.17, 15) is 9.50 Å². The Labute approximate surface area is 102 Å². The van der Waals surface area contributed by atoms with Crippen LogP contribution in [0.3, 0.4) is 0 Å². The van der Waals surface area contributed by atoms with Crippen molar-refractivity contribution in [1.29, 1.82) is 0 Å². The number of hydrogen-bond donors (Lipinski definition) is 2. The first-order valence-corrected chi connectivity index (χ1v) is 5.92. The number of para-hydroxylation sites is 1. The molecule has 0 aliphatic carbocycles. The van der Waals surface area contributed by atoms with Crippen LogP contribution in [0.15, 0.2) is 24.3 Å². The van der Waals surface area contributed by atoms with Gasteiger partial charge in [-0.3, -0.25) is 0 Å². The summed E-state index contributed by atoms with van der Waals surface area (Å²) in [5.74, 6) is -0.232. The molecule has 2 N–H and O–H groups in total. The summed E-state index contributed by atoms with van der Waals surface area (Å²) in [4.78, 5) is 0. The maximum atomic E-state index is 13.2. The third kappa shape index (κ3) is 5.15. The summed E-state index contributed by atoms with van der Waals surface area (Å²) in [7, 11) is 0. The fourth-order valence-electron chi connectivity index (χ4n) is 1.29. The molecule has 0 spiro atoms. The summed E-state index contributed by atoms with van der Waals surface area (Å²) in [5, 5.41) is 12.8. The molecule has 2 unspecified atom stereocenters. The normalized spacial score (nSPS) is 14.4. The Kier molecular flexibility index (Phi) is 5.94. The van der Waals surface area contributed by atoms with Crippen molar-refractivity contribution < 1.29 is 14.2 Å². The second-order valence-electron chi connectivity index (χ2n) is 4.11. The molecule has 0 aliphatic rings. The number of halogens is 1. The highest BCUT2D eigenvalue weighted by molar-refractivity contribution is 5.23. The number of aliphatic hydroxyl groups excluding tert-OH is 1. The monoisotopic (exact) mass is 241 g/mol. The maximum Gasteiger partial charge on any atom is 0.165 e. The SMILES string of the molecule is CCC(C)NCC(O)COc1ccccc1F. The number of rotatable bonds is 7. The molecule has 17 heavy (non-hydrogen) atoms. The molecule has 0 saturated heterocycles. The molecule has 0 fully saturated rings. The quantitative estimate of drug-likeness (QED) is 0.766. The Morgan fingerprint density at radius 2 is 2.12 bits per heavy atom. The van der Waals surface area contributed by atoms with E-state index in [1.54, 1.807) is 18.2 Å². The molecular weight excluding hydrogens is 221 g/mol. The van der Waals surface area contributed by atoms with Gasteiger partial charge in [0, 0.05) is 12.6 Å². The molecule has 1 rings (SSSR count). The molecule has 2 atom stereocenters. The van der Waals surface area contributed by atoms with Gasteiger partial charge in [0.2, 0.25) is 0 Å². The maximum absolute atomic E-state index is 13.2. The number of benzene rings is 1. The Morgan fingerprint density at radius 3 is 2.76 bits per heavy atom. The molecule has 0 radical (unpaired) electrons. The molecular formula is C13H20FNO2. The van der Waals surface area contributed by atoms with Gasteiger partial charge in [-0.05, 0) is 25.5 Å². The van der Waals surface area contributed by atoms with E-state index in [-0.39, 0.29) is 12.4 Å². The summed E-state index contributed by atoms with van der Waals surface area (Å²) in [6.07, 6.45) is 0.365. The van der Waals surface area contributed by atoms with Crippen molar-refractivity contribution in [2.24, 2.45) is 0 Å². The van der Waals surface area contributed by atoms with Gasteiger partial charge in [0.25, 0.3) is 0 Å². The molecule has 4 heteroatoms. The molecule has 1 aromatic rings. The van der Waals surface area contributed by atoms with Crippen molar-refractivity contribution in [3.63, 3.8) is 0 Å². The van der Waals surface area contributed by atoms with Crippen LogP contribution in [-0.4, -0.2) is 30.4 Å². The van der Waals surface area contributed by atoms with Crippen LogP contribution in [0.25, 0.3) is 0 Å². The van der Waals surface area contributed by atoms with Gasteiger partial charge >= 0.3 is 0 Å². The third-order valence-electron chi connectivity index (χ3n) is 2.58. The zero-order valence-corrected chi connectivity index (χ0v) is 10.3. The topological polar surface area (TPSA) is 41.5 Å². The fraction of sp³-hybridized carbons (Fsp3) is 0.538. The molecule has 0 saturated carbocycles. The minimum atomic E-state index is -0.636. The Balaban J connectivity index is 2.28. The van der Waals surface area contributed by atoms with Gasteiger partial charge in [-0.25, -0.2) is 4.39 Å². The van der Waals surface area contributed by atoms with Gasteiger partial charge in [0.1, 0.15) is 12.7 Å². The van der Waals surface area contributed by atoms with Crippen molar-refractivity contribution in [3.8, 4) is 5.75 Å². The van der Waals surface area contributed by atoms with Crippen LogP contribution in [0, 0.1) is 5.82 Å². The van der Waals surface area contributed by atoms with E-state index in [0.717, 1.165) is 6.42 Å². The molecule has 96 valence electrons. The molecule has 1 aromatic carbocycles. The van der Waals surface area contributed by atoms with E-state index >= 15 is 0 Å². The van der Waals surface area contributed by atoms with Gasteiger partial charge < -0.3 is 15.2 Å². The second-order valence-corrected chi connectivity index (χ2v) is 4.11. The third-order valence-corrected chi connectivity index (χ3v) is 2.58. The van der Waals surface area contributed by atoms with Crippen molar-refractivity contribution >= 4 is 0 Å². The largest absolute Gasteiger partial charge is 0.488 e. The van der Waals surface area contributed by atoms with Crippen LogP contribution in [0.4, 0.5) is 4.39 Å². The highest BCUT2D eigenvalue weighted by Crippen LogP contribution is 2.15. The van der Waals surface area contributed by atoms with Crippen LogP contribution in [0.5, 0.6) is 5.75 Å². The smallest absolute Gasteiger partial charge is 0.165 e. The lowest BCUT2D eigenvalue weighted by atomic mass is 10.2. The van der Waals surface area contributed by atoms with Gasteiger partial charge in [0.15, 0.2) is 11.6 Å². The van der Waals surface area contributed by atoms with Crippen molar-refractivity contribution in [3.05, 3.63) is 30.1 Å². The van der Waals surface area contributed by atoms with Crippen LogP contribution in [-0.2, 0) is 0 Å².